The van der Waals surface area contributed by atoms with Gasteiger partial charge >= 0.3 is 0 Å². The molecule has 0 spiro atoms. The quantitative estimate of drug-likeness (QED) is 0.688. The Morgan fingerprint density at radius 2 is 1.91 bits per heavy atom. The Morgan fingerprint density at radius 1 is 1.17 bits per heavy atom. The maximum Gasteiger partial charge on any atom is 0.114 e. The van der Waals surface area contributed by atoms with Crippen LogP contribution in [0.1, 0.15) is 23.9 Å². The van der Waals surface area contributed by atoms with Crippen molar-refractivity contribution in [3.05, 3.63) is 58.4 Å². The van der Waals surface area contributed by atoms with Crippen molar-refractivity contribution in [2.24, 2.45) is 0 Å². The van der Waals surface area contributed by atoms with Gasteiger partial charge in [-0.15, -0.1) is 11.6 Å². The normalized spacial score (nSPS) is 11.3. The number of aromatic nitrogens is 2. The summed E-state index contributed by atoms with van der Waals surface area (Å²) in [5, 5.41) is 9.70. The Balaban J connectivity index is 2.16. The standard InChI is InChI=1S/C18H18Cl2N2O/c1-2-18-21-16-9-13(11-19)15(20)10-17(16)22(18)14-5-3-12(4-6-14)7-8-23/h3-6,9-10,23H,2,7-8,11H2,1H3. The van der Waals surface area contributed by atoms with Crippen LogP contribution in [0.4, 0.5) is 0 Å². The van der Waals surface area contributed by atoms with Gasteiger partial charge in [-0.1, -0.05) is 30.7 Å². The van der Waals surface area contributed by atoms with E-state index in [1.165, 1.54) is 0 Å². The van der Waals surface area contributed by atoms with Gasteiger partial charge in [0.05, 0.1) is 11.0 Å². The summed E-state index contributed by atoms with van der Waals surface area (Å²) in [5.74, 6) is 1.36. The molecule has 0 saturated heterocycles. The molecule has 2 aromatic carbocycles. The fraction of sp³-hybridized carbons (Fsp3) is 0.278. The number of hydrogen-bond donors (Lipinski definition) is 1. The first-order valence-corrected chi connectivity index (χ1v) is 8.55. The summed E-state index contributed by atoms with van der Waals surface area (Å²) < 4.78 is 2.13. The molecule has 0 bridgehead atoms. The number of fused-ring (bicyclic) bond motifs is 1. The van der Waals surface area contributed by atoms with Gasteiger partial charge in [-0.3, -0.25) is 4.57 Å². The lowest BCUT2D eigenvalue weighted by Gasteiger charge is -2.10. The van der Waals surface area contributed by atoms with E-state index >= 15 is 0 Å². The molecule has 0 radical (unpaired) electrons. The highest BCUT2D eigenvalue weighted by Gasteiger charge is 2.13. The number of imidazole rings is 1. The first kappa shape index (κ1) is 16.3. The van der Waals surface area contributed by atoms with Crippen molar-refractivity contribution >= 4 is 34.2 Å². The topological polar surface area (TPSA) is 38.0 Å². The lowest BCUT2D eigenvalue weighted by molar-refractivity contribution is 0.299. The minimum absolute atomic E-state index is 0.157. The first-order valence-electron chi connectivity index (χ1n) is 7.63. The average Bonchev–Trinajstić information content (AvgIpc) is 2.92. The Kier molecular flexibility index (Phi) is 4.90. The molecule has 1 heterocycles. The van der Waals surface area contributed by atoms with E-state index in [9.17, 15) is 0 Å². The van der Waals surface area contributed by atoms with E-state index in [-0.39, 0.29) is 6.61 Å². The van der Waals surface area contributed by atoms with Gasteiger partial charge < -0.3 is 5.11 Å². The van der Waals surface area contributed by atoms with Crippen molar-refractivity contribution in [2.75, 3.05) is 6.61 Å². The number of hydrogen-bond acceptors (Lipinski definition) is 2. The zero-order valence-electron chi connectivity index (χ0n) is 12.9. The van der Waals surface area contributed by atoms with E-state index in [0.717, 1.165) is 40.1 Å². The number of benzene rings is 2. The summed E-state index contributed by atoms with van der Waals surface area (Å²) in [6, 6.07) is 12.1. The van der Waals surface area contributed by atoms with E-state index in [2.05, 4.69) is 23.6 Å². The third-order valence-electron chi connectivity index (χ3n) is 3.95. The van der Waals surface area contributed by atoms with Gasteiger partial charge in [0, 0.05) is 29.6 Å². The third kappa shape index (κ3) is 3.09. The number of rotatable bonds is 5. The predicted octanol–water partition coefficient (Wildman–Crippen LogP) is 4.51. The maximum absolute atomic E-state index is 9.04. The van der Waals surface area contributed by atoms with Gasteiger partial charge in [-0.2, -0.15) is 0 Å². The fourth-order valence-electron chi connectivity index (χ4n) is 2.76. The van der Waals surface area contributed by atoms with Crippen molar-refractivity contribution in [3.8, 4) is 5.69 Å². The van der Waals surface area contributed by atoms with Crippen molar-refractivity contribution < 1.29 is 5.11 Å². The first-order chi connectivity index (χ1) is 11.2. The van der Waals surface area contributed by atoms with Crippen LogP contribution in [0, 0.1) is 0 Å². The second-order valence-electron chi connectivity index (χ2n) is 5.42. The zero-order valence-corrected chi connectivity index (χ0v) is 14.4. The molecule has 0 aliphatic heterocycles. The van der Waals surface area contributed by atoms with Crippen LogP contribution < -0.4 is 0 Å². The lowest BCUT2D eigenvalue weighted by Crippen LogP contribution is -2.00. The summed E-state index contributed by atoms with van der Waals surface area (Å²) in [6.45, 7) is 2.24. The highest BCUT2D eigenvalue weighted by Crippen LogP contribution is 2.28. The van der Waals surface area contributed by atoms with Crippen LogP contribution in [0.3, 0.4) is 0 Å². The van der Waals surface area contributed by atoms with Crippen molar-refractivity contribution in [3.63, 3.8) is 0 Å². The molecular weight excluding hydrogens is 331 g/mol. The highest BCUT2D eigenvalue weighted by atomic mass is 35.5. The van der Waals surface area contributed by atoms with E-state index in [0.29, 0.717) is 17.3 Å². The molecule has 0 amide bonds. The largest absolute Gasteiger partial charge is 0.396 e. The third-order valence-corrected chi connectivity index (χ3v) is 4.59. The van der Waals surface area contributed by atoms with E-state index < -0.39 is 0 Å². The van der Waals surface area contributed by atoms with E-state index in [1.54, 1.807) is 0 Å². The van der Waals surface area contributed by atoms with E-state index in [4.69, 9.17) is 33.3 Å². The molecule has 3 nitrogen and oxygen atoms in total. The summed E-state index contributed by atoms with van der Waals surface area (Å²) in [6.07, 6.45) is 1.48. The van der Waals surface area contributed by atoms with Crippen molar-refractivity contribution in [1.29, 1.82) is 0 Å². The monoisotopic (exact) mass is 348 g/mol. The Labute approximate surface area is 145 Å². The number of nitrogens with zero attached hydrogens (tertiary/aromatic N) is 2. The maximum atomic E-state index is 9.04. The predicted molar refractivity (Wildman–Crippen MR) is 95.8 cm³/mol. The number of aryl methyl sites for hydroxylation is 1. The Hall–Kier alpha value is -1.55. The zero-order chi connectivity index (χ0) is 16.4. The molecule has 3 aromatic rings. The summed E-state index contributed by atoms with van der Waals surface area (Å²) in [5.41, 5.74) is 4.94. The number of aliphatic hydroxyl groups is 1. The lowest BCUT2D eigenvalue weighted by atomic mass is 10.1. The molecule has 23 heavy (non-hydrogen) atoms. The number of halogens is 2. The molecular formula is C18H18Cl2N2O. The van der Waals surface area contributed by atoms with Gasteiger partial charge in [0.15, 0.2) is 0 Å². The van der Waals surface area contributed by atoms with Crippen molar-refractivity contribution in [1.82, 2.24) is 9.55 Å². The van der Waals surface area contributed by atoms with Gasteiger partial charge in [-0.25, -0.2) is 4.98 Å². The minimum atomic E-state index is 0.157. The summed E-state index contributed by atoms with van der Waals surface area (Å²) >= 11 is 12.3. The molecule has 1 N–H and O–H groups in total. The van der Waals surface area contributed by atoms with E-state index in [1.807, 2.05) is 24.3 Å². The van der Waals surface area contributed by atoms with Crippen LogP contribution in [0.2, 0.25) is 5.02 Å². The second kappa shape index (κ2) is 6.91. The Bertz CT molecular complexity index is 825. The fourth-order valence-corrected chi connectivity index (χ4v) is 3.27. The molecule has 3 rings (SSSR count). The highest BCUT2D eigenvalue weighted by molar-refractivity contribution is 6.33. The smallest absolute Gasteiger partial charge is 0.114 e. The molecule has 0 aliphatic rings. The second-order valence-corrected chi connectivity index (χ2v) is 6.10. The van der Waals surface area contributed by atoms with Gasteiger partial charge in [-0.05, 0) is 41.8 Å². The van der Waals surface area contributed by atoms with Crippen LogP contribution in [0.15, 0.2) is 36.4 Å². The van der Waals surface area contributed by atoms with Crippen LogP contribution in [-0.4, -0.2) is 21.3 Å². The summed E-state index contributed by atoms with van der Waals surface area (Å²) in [7, 11) is 0. The number of aliphatic hydroxyl groups excluding tert-OH is 1. The Morgan fingerprint density at radius 3 is 2.52 bits per heavy atom. The van der Waals surface area contributed by atoms with Crippen LogP contribution in [0.25, 0.3) is 16.7 Å². The molecule has 0 saturated carbocycles. The van der Waals surface area contributed by atoms with Crippen molar-refractivity contribution in [2.45, 2.75) is 25.6 Å². The SMILES string of the molecule is CCc1nc2cc(CCl)c(Cl)cc2n1-c1ccc(CCO)cc1. The molecule has 0 fully saturated rings. The molecule has 5 heteroatoms. The molecule has 0 atom stereocenters. The van der Waals surface area contributed by atoms with Crippen LogP contribution in [0.5, 0.6) is 0 Å². The average molecular weight is 349 g/mol. The van der Waals surface area contributed by atoms with Crippen LogP contribution in [-0.2, 0) is 18.7 Å². The molecule has 0 aliphatic carbocycles. The minimum Gasteiger partial charge on any atom is -0.396 e. The van der Waals surface area contributed by atoms with Gasteiger partial charge in [0.25, 0.3) is 0 Å². The molecule has 0 unspecified atom stereocenters. The summed E-state index contributed by atoms with van der Waals surface area (Å²) in [4.78, 5) is 4.72. The molecule has 120 valence electrons. The van der Waals surface area contributed by atoms with Gasteiger partial charge in [0.1, 0.15) is 5.82 Å². The molecule has 1 aromatic heterocycles. The van der Waals surface area contributed by atoms with Gasteiger partial charge in [0.2, 0.25) is 0 Å². The number of alkyl halides is 1. The van der Waals surface area contributed by atoms with Crippen LogP contribution >= 0.6 is 23.2 Å².